The quantitative estimate of drug-likeness (QED) is 0.538. The van der Waals surface area contributed by atoms with Crippen molar-refractivity contribution in [1.82, 2.24) is 10.6 Å². The minimum atomic E-state index is -0.0628. The molecule has 0 aromatic carbocycles. The Balaban J connectivity index is 3.38. The van der Waals surface area contributed by atoms with Gasteiger partial charge in [0.05, 0.1) is 6.04 Å². The van der Waals surface area contributed by atoms with Gasteiger partial charge in [0, 0.05) is 6.54 Å². The van der Waals surface area contributed by atoms with Gasteiger partial charge in [0.15, 0.2) is 0 Å². The molecule has 3 nitrogen and oxygen atoms in total. The van der Waals surface area contributed by atoms with Crippen molar-refractivity contribution in [2.45, 2.75) is 58.4 Å². The zero-order valence-corrected chi connectivity index (χ0v) is 13.1. The van der Waals surface area contributed by atoms with E-state index in [1.807, 2.05) is 18.7 Å². The Morgan fingerprint density at radius 3 is 2.50 bits per heavy atom. The van der Waals surface area contributed by atoms with Gasteiger partial charge in [-0.3, -0.25) is 4.79 Å². The summed E-state index contributed by atoms with van der Waals surface area (Å²) in [6.45, 7) is 5.87. The van der Waals surface area contributed by atoms with Gasteiger partial charge in [-0.1, -0.05) is 26.2 Å². The summed E-state index contributed by atoms with van der Waals surface area (Å²) in [7, 11) is 0. The smallest absolute Gasteiger partial charge is 0.236 e. The van der Waals surface area contributed by atoms with Crippen LogP contribution in [-0.4, -0.2) is 37.0 Å². The van der Waals surface area contributed by atoms with Crippen molar-refractivity contribution in [3.8, 4) is 0 Å². The van der Waals surface area contributed by atoms with Gasteiger partial charge in [-0.25, -0.2) is 0 Å². The van der Waals surface area contributed by atoms with E-state index in [4.69, 9.17) is 0 Å². The summed E-state index contributed by atoms with van der Waals surface area (Å²) >= 11 is 1.90. The highest BCUT2D eigenvalue weighted by Gasteiger charge is 2.10. The number of carbonyl (C=O) groups excluding carboxylic acids is 1. The molecule has 0 fully saturated rings. The van der Waals surface area contributed by atoms with Crippen molar-refractivity contribution in [2.75, 3.05) is 25.1 Å². The Labute approximate surface area is 117 Å². The van der Waals surface area contributed by atoms with Crippen LogP contribution in [0.4, 0.5) is 0 Å². The van der Waals surface area contributed by atoms with Crippen LogP contribution in [-0.2, 0) is 4.79 Å². The van der Waals surface area contributed by atoms with Crippen LogP contribution in [0.25, 0.3) is 0 Å². The van der Waals surface area contributed by atoms with E-state index in [0.717, 1.165) is 25.9 Å². The van der Waals surface area contributed by atoms with E-state index in [9.17, 15) is 4.79 Å². The Morgan fingerprint density at radius 2 is 1.83 bits per heavy atom. The van der Waals surface area contributed by atoms with Crippen LogP contribution < -0.4 is 10.6 Å². The molecule has 0 aliphatic rings. The number of unbranched alkanes of at least 4 members (excludes halogenated alkanes) is 4. The molecule has 0 bridgehead atoms. The number of amides is 1. The third kappa shape index (κ3) is 10.9. The SMILES string of the molecule is CCCCCNC(=O)C(C)NCCCCCSC. The second-order valence-electron chi connectivity index (χ2n) is 4.73. The molecule has 0 radical (unpaired) electrons. The lowest BCUT2D eigenvalue weighted by Gasteiger charge is -2.13. The molecule has 0 heterocycles. The molecule has 0 rings (SSSR count). The second-order valence-corrected chi connectivity index (χ2v) is 5.71. The maximum absolute atomic E-state index is 11.7. The van der Waals surface area contributed by atoms with E-state index in [0.29, 0.717) is 0 Å². The zero-order chi connectivity index (χ0) is 13.6. The molecule has 0 aliphatic heterocycles. The summed E-state index contributed by atoms with van der Waals surface area (Å²) in [5, 5.41) is 6.26. The van der Waals surface area contributed by atoms with Crippen LogP contribution in [0, 0.1) is 0 Å². The minimum absolute atomic E-state index is 0.0628. The van der Waals surface area contributed by atoms with Gasteiger partial charge in [-0.05, 0) is 44.7 Å². The molecule has 0 aromatic heterocycles. The normalized spacial score (nSPS) is 12.4. The molecule has 4 heteroatoms. The second kappa shape index (κ2) is 13.2. The van der Waals surface area contributed by atoms with Crippen molar-refractivity contribution >= 4 is 17.7 Å². The highest BCUT2D eigenvalue weighted by atomic mass is 32.2. The molecule has 2 N–H and O–H groups in total. The highest BCUT2D eigenvalue weighted by molar-refractivity contribution is 7.98. The predicted octanol–water partition coefficient (Wildman–Crippen LogP) is 2.80. The van der Waals surface area contributed by atoms with Gasteiger partial charge in [0.25, 0.3) is 0 Å². The summed E-state index contributed by atoms with van der Waals surface area (Å²) < 4.78 is 0. The Hall–Kier alpha value is -0.220. The van der Waals surface area contributed by atoms with E-state index in [1.54, 1.807) is 0 Å². The number of carbonyl (C=O) groups is 1. The van der Waals surface area contributed by atoms with Crippen LogP contribution in [0.15, 0.2) is 0 Å². The largest absolute Gasteiger partial charge is 0.355 e. The summed E-state index contributed by atoms with van der Waals surface area (Å²) in [4.78, 5) is 11.7. The molecule has 0 saturated carbocycles. The summed E-state index contributed by atoms with van der Waals surface area (Å²) in [6, 6.07) is -0.0628. The molecule has 0 saturated heterocycles. The van der Waals surface area contributed by atoms with Gasteiger partial charge < -0.3 is 10.6 Å². The molecular weight excluding hydrogens is 244 g/mol. The van der Waals surface area contributed by atoms with E-state index < -0.39 is 0 Å². The number of hydrogen-bond donors (Lipinski definition) is 2. The maximum atomic E-state index is 11.7. The van der Waals surface area contributed by atoms with Crippen molar-refractivity contribution in [1.29, 1.82) is 0 Å². The first-order valence-corrected chi connectivity index (χ1v) is 8.61. The number of nitrogens with one attached hydrogen (secondary N) is 2. The third-order valence-electron chi connectivity index (χ3n) is 2.95. The van der Waals surface area contributed by atoms with Gasteiger partial charge in [-0.15, -0.1) is 0 Å². The van der Waals surface area contributed by atoms with Crippen molar-refractivity contribution < 1.29 is 4.79 Å². The van der Waals surface area contributed by atoms with E-state index in [2.05, 4.69) is 23.8 Å². The third-order valence-corrected chi connectivity index (χ3v) is 3.65. The topological polar surface area (TPSA) is 41.1 Å². The molecule has 1 unspecified atom stereocenters. The molecule has 108 valence electrons. The fourth-order valence-corrected chi connectivity index (χ4v) is 2.19. The minimum Gasteiger partial charge on any atom is -0.355 e. The van der Waals surface area contributed by atoms with Gasteiger partial charge in [0.2, 0.25) is 5.91 Å². The standard InChI is InChI=1S/C14H30N2OS/c1-4-5-7-11-16-14(17)13(2)15-10-8-6-9-12-18-3/h13,15H,4-12H2,1-3H3,(H,16,17). The highest BCUT2D eigenvalue weighted by Crippen LogP contribution is 2.01. The summed E-state index contributed by atoms with van der Waals surface area (Å²) in [5.41, 5.74) is 0. The Bertz CT molecular complexity index is 200. The lowest BCUT2D eigenvalue weighted by molar-refractivity contribution is -0.122. The first-order valence-electron chi connectivity index (χ1n) is 7.22. The average molecular weight is 274 g/mol. The first kappa shape index (κ1) is 17.8. The van der Waals surface area contributed by atoms with Crippen LogP contribution in [0.2, 0.25) is 0 Å². The maximum Gasteiger partial charge on any atom is 0.236 e. The molecule has 0 spiro atoms. The molecule has 1 amide bonds. The van der Waals surface area contributed by atoms with Crippen LogP contribution >= 0.6 is 11.8 Å². The van der Waals surface area contributed by atoms with Crippen molar-refractivity contribution in [2.24, 2.45) is 0 Å². The van der Waals surface area contributed by atoms with E-state index in [-0.39, 0.29) is 11.9 Å². The van der Waals surface area contributed by atoms with Crippen molar-refractivity contribution in [3.05, 3.63) is 0 Å². The van der Waals surface area contributed by atoms with Crippen molar-refractivity contribution in [3.63, 3.8) is 0 Å². The lowest BCUT2D eigenvalue weighted by atomic mass is 10.2. The molecular formula is C14H30N2OS. The zero-order valence-electron chi connectivity index (χ0n) is 12.3. The molecule has 1 atom stereocenters. The van der Waals surface area contributed by atoms with Crippen LogP contribution in [0.3, 0.4) is 0 Å². The van der Waals surface area contributed by atoms with Gasteiger partial charge >= 0.3 is 0 Å². The monoisotopic (exact) mass is 274 g/mol. The van der Waals surface area contributed by atoms with E-state index in [1.165, 1.54) is 31.4 Å². The fraction of sp³-hybridized carbons (Fsp3) is 0.929. The summed E-state index contributed by atoms with van der Waals surface area (Å²) in [5.74, 6) is 1.38. The molecule has 18 heavy (non-hydrogen) atoms. The Kier molecular flexibility index (Phi) is 13.1. The average Bonchev–Trinajstić information content (AvgIpc) is 2.38. The van der Waals surface area contributed by atoms with Gasteiger partial charge in [0.1, 0.15) is 0 Å². The molecule has 0 aromatic rings. The summed E-state index contributed by atoms with van der Waals surface area (Å²) in [6.07, 6.45) is 9.30. The predicted molar refractivity (Wildman–Crippen MR) is 82.2 cm³/mol. The first-order chi connectivity index (χ1) is 8.72. The fourth-order valence-electron chi connectivity index (χ4n) is 1.70. The van der Waals surface area contributed by atoms with Gasteiger partial charge in [-0.2, -0.15) is 11.8 Å². The Morgan fingerprint density at radius 1 is 1.11 bits per heavy atom. The molecule has 0 aliphatic carbocycles. The number of rotatable bonds is 12. The van der Waals surface area contributed by atoms with Crippen LogP contribution in [0.5, 0.6) is 0 Å². The number of thioether (sulfide) groups is 1. The number of hydrogen-bond acceptors (Lipinski definition) is 3. The van der Waals surface area contributed by atoms with E-state index >= 15 is 0 Å². The van der Waals surface area contributed by atoms with Crippen LogP contribution in [0.1, 0.15) is 52.4 Å². The lowest BCUT2D eigenvalue weighted by Crippen LogP contribution is -2.42.